The van der Waals surface area contributed by atoms with E-state index in [4.69, 9.17) is 0 Å². The van der Waals surface area contributed by atoms with E-state index in [0.717, 1.165) is 31.8 Å². The molecule has 0 saturated carbocycles. The van der Waals surface area contributed by atoms with Gasteiger partial charge < -0.3 is 10.0 Å². The van der Waals surface area contributed by atoms with Gasteiger partial charge in [0.2, 0.25) is 6.41 Å². The molecular weight excluding hydrogens is 432 g/mol. The van der Waals surface area contributed by atoms with Gasteiger partial charge >= 0.3 is 5.97 Å². The minimum atomic E-state index is -1.18. The molecule has 1 atom stereocenters. The molecule has 0 fully saturated rings. The Morgan fingerprint density at radius 2 is 1.62 bits per heavy atom. The number of aliphatic carboxylic acids is 1. The number of rotatable bonds is 8. The Hall–Kier alpha value is -4.33. The third kappa shape index (κ3) is 4.71. The number of fused-ring (bicyclic) bond motifs is 1. The number of aryl methyl sites for hydroxylation is 3. The van der Waals surface area contributed by atoms with Crippen molar-refractivity contribution in [3.05, 3.63) is 88.2 Å². The molecule has 0 aliphatic rings. The molecule has 8 heteroatoms. The molecule has 0 radical (unpaired) electrons. The fourth-order valence-electron chi connectivity index (χ4n) is 3.85. The van der Waals surface area contributed by atoms with Gasteiger partial charge in [0.05, 0.1) is 5.39 Å². The van der Waals surface area contributed by atoms with Gasteiger partial charge in [-0.2, -0.15) is 0 Å². The minimum Gasteiger partial charge on any atom is -0.480 e. The highest BCUT2D eigenvalue weighted by molar-refractivity contribution is 5.88. The van der Waals surface area contributed by atoms with Crippen LogP contribution in [-0.4, -0.2) is 38.5 Å². The molecule has 172 valence electrons. The Bertz CT molecular complexity index is 1400. The van der Waals surface area contributed by atoms with Crippen LogP contribution in [0.25, 0.3) is 22.0 Å². The van der Waals surface area contributed by atoms with Crippen LogP contribution >= 0.6 is 0 Å². The van der Waals surface area contributed by atoms with Crippen molar-refractivity contribution in [2.75, 3.05) is 4.90 Å². The van der Waals surface area contributed by atoms with E-state index in [1.807, 2.05) is 56.3 Å². The van der Waals surface area contributed by atoms with Crippen LogP contribution in [0.15, 0.2) is 71.5 Å². The molecule has 0 saturated heterocycles. The van der Waals surface area contributed by atoms with E-state index < -0.39 is 12.0 Å². The maximum atomic E-state index is 12.8. The Morgan fingerprint density at radius 3 is 2.24 bits per heavy atom. The van der Waals surface area contributed by atoms with Crippen molar-refractivity contribution in [2.24, 2.45) is 0 Å². The number of carboxylic acids is 1. The van der Waals surface area contributed by atoms with E-state index in [2.05, 4.69) is 10.3 Å². The lowest BCUT2D eigenvalue weighted by Crippen LogP contribution is -2.42. The van der Waals surface area contributed by atoms with Gasteiger partial charge in [0.1, 0.15) is 11.6 Å². The molecule has 0 spiro atoms. The molecule has 1 amide bonds. The lowest BCUT2D eigenvalue weighted by molar-refractivity contribution is -0.139. The zero-order valence-electron chi connectivity index (χ0n) is 18.9. The van der Waals surface area contributed by atoms with E-state index in [0.29, 0.717) is 23.0 Å². The fraction of sp³-hybridized carbons (Fsp3) is 0.192. The highest BCUT2D eigenvalue weighted by Gasteiger charge is 2.26. The SMILES string of the molecule is Cc1ccc(-c2ccc(N(C=O)C(CCn3nnc4ccc(C)cc4c3=O)C(=O)O)cc2)cc1. The van der Waals surface area contributed by atoms with Crippen LogP contribution in [-0.2, 0) is 16.1 Å². The van der Waals surface area contributed by atoms with Crippen LogP contribution in [0.3, 0.4) is 0 Å². The van der Waals surface area contributed by atoms with Crippen molar-refractivity contribution >= 4 is 29.0 Å². The summed E-state index contributed by atoms with van der Waals surface area (Å²) in [6.45, 7) is 3.88. The first-order valence-electron chi connectivity index (χ1n) is 10.8. The standard InChI is InChI=1S/C26H24N4O4/c1-17-3-6-19(7-4-17)20-8-10-21(11-9-20)29(16-31)24(26(33)34)13-14-30-25(32)22-15-18(2)5-12-23(22)27-28-30/h3-12,15-16,24H,13-14H2,1-2H3,(H,33,34). The molecule has 0 aliphatic heterocycles. The van der Waals surface area contributed by atoms with E-state index in [-0.39, 0.29) is 18.5 Å². The minimum absolute atomic E-state index is 0.00152. The number of nitrogens with zero attached hydrogens (tertiary/aromatic N) is 4. The molecule has 0 bridgehead atoms. The zero-order valence-corrected chi connectivity index (χ0v) is 18.9. The predicted octanol–water partition coefficient (Wildman–Crippen LogP) is 3.58. The molecule has 1 heterocycles. The third-order valence-corrected chi connectivity index (χ3v) is 5.78. The van der Waals surface area contributed by atoms with Gasteiger partial charge in [-0.15, -0.1) is 5.10 Å². The zero-order chi connectivity index (χ0) is 24.2. The first-order chi connectivity index (χ1) is 16.4. The van der Waals surface area contributed by atoms with Crippen molar-refractivity contribution in [3.8, 4) is 11.1 Å². The number of carbonyl (C=O) groups is 2. The Morgan fingerprint density at radius 1 is 1.00 bits per heavy atom. The van der Waals surface area contributed by atoms with Crippen LogP contribution in [0.4, 0.5) is 5.69 Å². The summed E-state index contributed by atoms with van der Waals surface area (Å²) in [5.41, 5.74) is 4.62. The average Bonchev–Trinajstić information content (AvgIpc) is 2.84. The monoisotopic (exact) mass is 456 g/mol. The number of benzene rings is 3. The molecular formula is C26H24N4O4. The molecule has 4 rings (SSSR count). The normalized spacial score (nSPS) is 11.8. The molecule has 34 heavy (non-hydrogen) atoms. The van der Waals surface area contributed by atoms with Crippen molar-refractivity contribution < 1.29 is 14.7 Å². The van der Waals surface area contributed by atoms with Crippen LogP contribution in [0.5, 0.6) is 0 Å². The van der Waals surface area contributed by atoms with Crippen LogP contribution < -0.4 is 10.5 Å². The van der Waals surface area contributed by atoms with Gasteiger partial charge in [0.25, 0.3) is 5.56 Å². The Kier molecular flexibility index (Phi) is 6.49. The van der Waals surface area contributed by atoms with Gasteiger partial charge in [-0.05, 0) is 55.7 Å². The van der Waals surface area contributed by atoms with Gasteiger partial charge in [-0.25, -0.2) is 9.48 Å². The van der Waals surface area contributed by atoms with Crippen molar-refractivity contribution in [1.29, 1.82) is 0 Å². The molecule has 4 aromatic rings. The topological polar surface area (TPSA) is 105 Å². The van der Waals surface area contributed by atoms with Gasteiger partial charge in [-0.1, -0.05) is 58.8 Å². The number of carboxylic acid groups (broad SMARTS) is 1. The highest BCUT2D eigenvalue weighted by atomic mass is 16.4. The summed E-state index contributed by atoms with van der Waals surface area (Å²) in [7, 11) is 0. The van der Waals surface area contributed by atoms with Gasteiger partial charge in [0, 0.05) is 12.2 Å². The molecule has 1 N–H and O–H groups in total. The van der Waals surface area contributed by atoms with Crippen LogP contribution in [0, 0.1) is 13.8 Å². The van der Waals surface area contributed by atoms with Crippen molar-refractivity contribution in [1.82, 2.24) is 15.0 Å². The quantitative estimate of drug-likeness (QED) is 0.406. The first-order valence-corrected chi connectivity index (χ1v) is 10.8. The van der Waals surface area contributed by atoms with E-state index in [1.54, 1.807) is 24.3 Å². The molecule has 0 aliphatic carbocycles. The number of anilines is 1. The number of aromatic nitrogens is 3. The molecule has 1 aromatic heterocycles. The van der Waals surface area contributed by atoms with E-state index in [1.165, 1.54) is 0 Å². The smallest absolute Gasteiger partial charge is 0.326 e. The summed E-state index contributed by atoms with van der Waals surface area (Å²) in [6.07, 6.45) is 0.484. The van der Waals surface area contributed by atoms with Crippen molar-refractivity contribution in [3.63, 3.8) is 0 Å². The summed E-state index contributed by atoms with van der Waals surface area (Å²) in [5, 5.41) is 18.2. The summed E-state index contributed by atoms with van der Waals surface area (Å²) in [5.74, 6) is -1.17. The largest absolute Gasteiger partial charge is 0.480 e. The number of hydrogen-bond donors (Lipinski definition) is 1. The number of carbonyl (C=O) groups excluding carboxylic acids is 1. The predicted molar refractivity (Wildman–Crippen MR) is 130 cm³/mol. The molecule has 3 aromatic carbocycles. The first kappa shape index (κ1) is 22.8. The van der Waals surface area contributed by atoms with E-state index in [9.17, 15) is 19.5 Å². The third-order valence-electron chi connectivity index (χ3n) is 5.78. The Labute approximate surface area is 196 Å². The average molecular weight is 457 g/mol. The maximum Gasteiger partial charge on any atom is 0.326 e. The number of amides is 1. The van der Waals surface area contributed by atoms with Crippen LogP contribution in [0.1, 0.15) is 17.5 Å². The summed E-state index contributed by atoms with van der Waals surface area (Å²) >= 11 is 0. The second-order valence-electron chi connectivity index (χ2n) is 8.21. The lowest BCUT2D eigenvalue weighted by Gasteiger charge is -2.25. The molecule has 8 nitrogen and oxygen atoms in total. The van der Waals surface area contributed by atoms with Crippen LogP contribution in [0.2, 0.25) is 0 Å². The molecule has 1 unspecified atom stereocenters. The Balaban J connectivity index is 1.56. The summed E-state index contributed by atoms with van der Waals surface area (Å²) in [4.78, 5) is 37.9. The second kappa shape index (κ2) is 9.66. The summed E-state index contributed by atoms with van der Waals surface area (Å²) in [6, 6.07) is 19.3. The summed E-state index contributed by atoms with van der Waals surface area (Å²) < 4.78 is 1.14. The lowest BCUT2D eigenvalue weighted by atomic mass is 10.0. The second-order valence-corrected chi connectivity index (χ2v) is 8.21. The maximum absolute atomic E-state index is 12.8. The van der Waals surface area contributed by atoms with Crippen molar-refractivity contribution in [2.45, 2.75) is 32.9 Å². The van der Waals surface area contributed by atoms with E-state index >= 15 is 0 Å². The number of hydrogen-bond acceptors (Lipinski definition) is 5. The van der Waals surface area contributed by atoms with Gasteiger partial charge in [0.15, 0.2) is 0 Å². The highest BCUT2D eigenvalue weighted by Crippen LogP contribution is 2.25. The van der Waals surface area contributed by atoms with Gasteiger partial charge in [-0.3, -0.25) is 9.59 Å². The fourth-order valence-corrected chi connectivity index (χ4v) is 3.85.